The van der Waals surface area contributed by atoms with E-state index in [1.54, 1.807) is 0 Å². The van der Waals surface area contributed by atoms with Gasteiger partial charge in [0.05, 0.1) is 0 Å². The van der Waals surface area contributed by atoms with E-state index in [1.807, 2.05) is 0 Å². The minimum Gasteiger partial charge on any atom is -0.412 e. The molecule has 2 heteroatoms. The average Bonchev–Trinajstić information content (AvgIpc) is 2.39. The summed E-state index contributed by atoms with van der Waals surface area (Å²) in [6, 6.07) is 14.4. The highest BCUT2D eigenvalue weighted by molar-refractivity contribution is 6.70. The molecule has 0 spiro atoms. The van der Waals surface area contributed by atoms with Crippen molar-refractivity contribution in [3.63, 3.8) is 0 Å². The first-order valence-corrected chi connectivity index (χ1v) is 7.95. The number of benzene rings is 2. The Morgan fingerprint density at radius 2 is 1.94 bits per heavy atom. The Morgan fingerprint density at radius 1 is 1.06 bits per heavy atom. The number of hydrogen-bond acceptors (Lipinski definition) is 1. The predicted octanol–water partition coefficient (Wildman–Crippen LogP) is 3.16. The Morgan fingerprint density at radius 3 is 2.76 bits per heavy atom. The maximum atomic E-state index is 6.05. The summed E-state index contributed by atoms with van der Waals surface area (Å²) < 4.78 is 6.05. The zero-order chi connectivity index (χ0) is 11.7. The van der Waals surface area contributed by atoms with Crippen LogP contribution in [0, 0.1) is 6.92 Å². The second-order valence-electron chi connectivity index (χ2n) is 4.71. The van der Waals surface area contributed by atoms with Gasteiger partial charge in [-0.2, -0.15) is 0 Å². The Hall–Kier alpha value is -1.12. The summed E-state index contributed by atoms with van der Waals surface area (Å²) in [4.78, 5) is 0. The van der Waals surface area contributed by atoms with Crippen LogP contribution in [0.1, 0.15) is 18.4 Å². The molecule has 1 saturated heterocycles. The third kappa shape index (κ3) is 2.03. The van der Waals surface area contributed by atoms with E-state index < -0.39 is 9.04 Å². The van der Waals surface area contributed by atoms with Gasteiger partial charge in [-0.1, -0.05) is 42.8 Å². The fourth-order valence-corrected chi connectivity index (χ4v) is 5.15. The molecule has 0 saturated carbocycles. The molecule has 1 fully saturated rings. The number of fused-ring (bicyclic) bond motifs is 1. The van der Waals surface area contributed by atoms with Gasteiger partial charge in [0, 0.05) is 6.61 Å². The summed E-state index contributed by atoms with van der Waals surface area (Å²) in [6.07, 6.45) is 2.56. The zero-order valence-corrected chi connectivity index (χ0v) is 11.2. The van der Waals surface area contributed by atoms with E-state index in [0.29, 0.717) is 0 Å². The van der Waals surface area contributed by atoms with Crippen LogP contribution < -0.4 is 5.19 Å². The molecule has 0 amide bonds. The van der Waals surface area contributed by atoms with Crippen LogP contribution in [0.2, 0.25) is 6.04 Å². The number of rotatable bonds is 1. The van der Waals surface area contributed by atoms with Crippen LogP contribution in [0.4, 0.5) is 0 Å². The van der Waals surface area contributed by atoms with Crippen molar-refractivity contribution in [3.8, 4) is 0 Å². The minimum atomic E-state index is -0.781. The lowest BCUT2D eigenvalue weighted by atomic mass is 10.1. The molecule has 1 aliphatic rings. The fourth-order valence-electron chi connectivity index (χ4n) is 2.60. The molecular weight excluding hydrogens is 224 g/mol. The standard InChI is InChI=1S/C15H17OSi/c1-12-8-9-13-6-2-3-7-14(13)15(12)17-11-5-4-10-16-17/h2-3,6-9H,4-5,10-11H2,1H3. The normalized spacial score (nSPS) is 17.5. The highest BCUT2D eigenvalue weighted by Crippen LogP contribution is 2.19. The lowest BCUT2D eigenvalue weighted by Crippen LogP contribution is -2.38. The molecule has 1 nitrogen and oxygen atoms in total. The van der Waals surface area contributed by atoms with Crippen molar-refractivity contribution in [2.24, 2.45) is 0 Å². The average molecular weight is 241 g/mol. The van der Waals surface area contributed by atoms with Gasteiger partial charge in [0.1, 0.15) is 0 Å². The molecule has 1 radical (unpaired) electrons. The molecule has 2 aromatic carbocycles. The van der Waals surface area contributed by atoms with Gasteiger partial charge in [-0.05, 0) is 40.9 Å². The lowest BCUT2D eigenvalue weighted by Gasteiger charge is -2.23. The van der Waals surface area contributed by atoms with E-state index in [4.69, 9.17) is 4.43 Å². The van der Waals surface area contributed by atoms with Crippen LogP contribution in [-0.4, -0.2) is 15.6 Å². The van der Waals surface area contributed by atoms with Gasteiger partial charge in [0.25, 0.3) is 0 Å². The summed E-state index contributed by atoms with van der Waals surface area (Å²) in [5.41, 5.74) is 1.40. The molecule has 1 heterocycles. The highest BCUT2D eigenvalue weighted by Gasteiger charge is 2.23. The van der Waals surface area contributed by atoms with Crippen LogP contribution >= 0.6 is 0 Å². The van der Waals surface area contributed by atoms with Crippen LogP contribution in [-0.2, 0) is 4.43 Å². The summed E-state index contributed by atoms with van der Waals surface area (Å²) in [7, 11) is -0.781. The van der Waals surface area contributed by atoms with E-state index in [2.05, 4.69) is 43.3 Å². The Bertz CT molecular complexity index is 529. The van der Waals surface area contributed by atoms with E-state index in [-0.39, 0.29) is 0 Å². The molecule has 1 aliphatic heterocycles. The van der Waals surface area contributed by atoms with Gasteiger partial charge in [-0.3, -0.25) is 0 Å². The monoisotopic (exact) mass is 241 g/mol. The second kappa shape index (κ2) is 4.63. The molecule has 0 aromatic heterocycles. The molecule has 3 rings (SSSR count). The van der Waals surface area contributed by atoms with Crippen LogP contribution in [0.5, 0.6) is 0 Å². The number of hydrogen-bond donors (Lipinski definition) is 0. The first kappa shape index (κ1) is 11.0. The molecule has 0 aliphatic carbocycles. The summed E-state index contributed by atoms with van der Waals surface area (Å²) >= 11 is 0. The van der Waals surface area contributed by atoms with Crippen molar-refractivity contribution in [3.05, 3.63) is 42.0 Å². The van der Waals surface area contributed by atoms with Crippen LogP contribution in [0.15, 0.2) is 36.4 Å². The van der Waals surface area contributed by atoms with Gasteiger partial charge in [0.2, 0.25) is 9.04 Å². The van der Waals surface area contributed by atoms with E-state index in [0.717, 1.165) is 6.61 Å². The van der Waals surface area contributed by atoms with Crippen molar-refractivity contribution in [1.29, 1.82) is 0 Å². The van der Waals surface area contributed by atoms with Crippen molar-refractivity contribution >= 4 is 25.0 Å². The summed E-state index contributed by atoms with van der Waals surface area (Å²) in [6.45, 7) is 3.17. The minimum absolute atomic E-state index is 0.781. The molecular formula is C15H17OSi. The van der Waals surface area contributed by atoms with Crippen molar-refractivity contribution in [1.82, 2.24) is 0 Å². The third-order valence-corrected chi connectivity index (χ3v) is 6.07. The SMILES string of the molecule is Cc1ccc2ccccc2c1[Si]1CCCCO1. The molecule has 87 valence electrons. The quantitative estimate of drug-likeness (QED) is 0.697. The van der Waals surface area contributed by atoms with Gasteiger partial charge >= 0.3 is 0 Å². The first-order chi connectivity index (χ1) is 8.36. The lowest BCUT2D eigenvalue weighted by molar-refractivity contribution is 0.295. The van der Waals surface area contributed by atoms with Gasteiger partial charge < -0.3 is 4.43 Å². The molecule has 0 unspecified atom stereocenters. The maximum Gasteiger partial charge on any atom is 0.247 e. The molecule has 17 heavy (non-hydrogen) atoms. The maximum absolute atomic E-state index is 6.05. The smallest absolute Gasteiger partial charge is 0.247 e. The van der Waals surface area contributed by atoms with Crippen molar-refractivity contribution < 1.29 is 4.43 Å². The van der Waals surface area contributed by atoms with Crippen molar-refractivity contribution in [2.75, 3.05) is 6.61 Å². The summed E-state index contributed by atoms with van der Waals surface area (Å²) in [5.74, 6) is 0. The Kier molecular flexibility index (Phi) is 2.99. The summed E-state index contributed by atoms with van der Waals surface area (Å²) in [5, 5.41) is 4.26. The van der Waals surface area contributed by atoms with Crippen molar-refractivity contribution in [2.45, 2.75) is 25.8 Å². The van der Waals surface area contributed by atoms with E-state index in [9.17, 15) is 0 Å². The highest BCUT2D eigenvalue weighted by atomic mass is 28.3. The van der Waals surface area contributed by atoms with E-state index in [1.165, 1.54) is 40.4 Å². The molecule has 0 atom stereocenters. The van der Waals surface area contributed by atoms with Gasteiger partial charge in [-0.25, -0.2) is 0 Å². The fraction of sp³-hybridized carbons (Fsp3) is 0.333. The Balaban J connectivity index is 2.15. The first-order valence-electron chi connectivity index (χ1n) is 6.33. The predicted molar refractivity (Wildman–Crippen MR) is 74.1 cm³/mol. The third-order valence-electron chi connectivity index (χ3n) is 3.49. The van der Waals surface area contributed by atoms with Crippen LogP contribution in [0.25, 0.3) is 10.8 Å². The number of aryl methyl sites for hydroxylation is 1. The molecule has 2 aromatic rings. The second-order valence-corrected chi connectivity index (χ2v) is 6.84. The Labute approximate surface area is 104 Å². The largest absolute Gasteiger partial charge is 0.412 e. The zero-order valence-electron chi connectivity index (χ0n) is 10.2. The van der Waals surface area contributed by atoms with Crippen LogP contribution in [0.3, 0.4) is 0 Å². The van der Waals surface area contributed by atoms with E-state index >= 15 is 0 Å². The van der Waals surface area contributed by atoms with Gasteiger partial charge in [-0.15, -0.1) is 0 Å². The topological polar surface area (TPSA) is 9.23 Å². The molecule has 0 bridgehead atoms. The van der Waals surface area contributed by atoms with Gasteiger partial charge in [0.15, 0.2) is 0 Å². The molecule has 0 N–H and O–H groups in total.